The van der Waals surface area contributed by atoms with Gasteiger partial charge in [-0.2, -0.15) is 0 Å². The zero-order valence-electron chi connectivity index (χ0n) is 16.5. The first kappa shape index (κ1) is 20.3. The van der Waals surface area contributed by atoms with E-state index in [-0.39, 0.29) is 10.8 Å². The van der Waals surface area contributed by atoms with Crippen LogP contribution in [-0.4, -0.2) is 52.6 Å². The van der Waals surface area contributed by atoms with Crippen molar-refractivity contribution in [3.63, 3.8) is 0 Å². The number of amides is 1. The zero-order valence-corrected chi connectivity index (χ0v) is 17.3. The fraction of sp³-hybridized carbons (Fsp3) is 0.350. The van der Waals surface area contributed by atoms with Crippen LogP contribution in [0.15, 0.2) is 47.4 Å². The molecule has 0 atom stereocenters. The van der Waals surface area contributed by atoms with Gasteiger partial charge in [0.2, 0.25) is 0 Å². The third-order valence-electron chi connectivity index (χ3n) is 4.91. The molecule has 3 rings (SSSR count). The van der Waals surface area contributed by atoms with Crippen molar-refractivity contribution in [2.24, 2.45) is 0 Å². The number of quaternary nitrogens is 1. The van der Waals surface area contributed by atoms with Crippen LogP contribution in [-0.2, 0) is 10.0 Å². The van der Waals surface area contributed by atoms with Crippen LogP contribution in [0.1, 0.15) is 21.5 Å². The zero-order chi connectivity index (χ0) is 20.3. The maximum absolute atomic E-state index is 12.7. The van der Waals surface area contributed by atoms with Crippen LogP contribution in [0.4, 0.5) is 5.69 Å². The number of hydrazine groups is 1. The largest absolute Gasteiger partial charge is 0.335 e. The van der Waals surface area contributed by atoms with Crippen LogP contribution < -0.4 is 15.0 Å². The first-order valence-electron chi connectivity index (χ1n) is 9.32. The van der Waals surface area contributed by atoms with Gasteiger partial charge in [0.25, 0.3) is 15.9 Å². The summed E-state index contributed by atoms with van der Waals surface area (Å²) in [5, 5.41) is 1.92. The van der Waals surface area contributed by atoms with Gasteiger partial charge < -0.3 is 4.90 Å². The van der Waals surface area contributed by atoms with Crippen LogP contribution in [0, 0.1) is 13.8 Å². The molecule has 1 heterocycles. The van der Waals surface area contributed by atoms with E-state index in [0.29, 0.717) is 16.8 Å². The molecule has 1 aliphatic rings. The molecular weight excluding hydrogens is 376 g/mol. The van der Waals surface area contributed by atoms with Gasteiger partial charge in [-0.3, -0.25) is 14.9 Å². The summed E-state index contributed by atoms with van der Waals surface area (Å²) < 4.78 is 27.9. The molecule has 1 aliphatic heterocycles. The highest BCUT2D eigenvalue weighted by Crippen LogP contribution is 2.21. The molecule has 2 aromatic rings. The van der Waals surface area contributed by atoms with E-state index in [0.717, 1.165) is 31.7 Å². The minimum Gasteiger partial charge on any atom is -0.335 e. The minimum absolute atomic E-state index is 0.191. The van der Waals surface area contributed by atoms with Gasteiger partial charge in [0, 0.05) is 11.3 Å². The van der Waals surface area contributed by atoms with Crippen molar-refractivity contribution in [2.45, 2.75) is 18.7 Å². The average molecular weight is 404 g/mol. The van der Waals surface area contributed by atoms with Crippen LogP contribution >= 0.6 is 0 Å². The number of sulfonamides is 1. The maximum Gasteiger partial charge on any atom is 0.265 e. The minimum atomic E-state index is -3.69. The van der Waals surface area contributed by atoms with Crippen molar-refractivity contribution >= 4 is 21.6 Å². The Morgan fingerprint density at radius 1 is 1.04 bits per heavy atom. The molecule has 0 saturated carbocycles. The van der Waals surface area contributed by atoms with Gasteiger partial charge in [-0.15, -0.1) is 0 Å². The molecule has 1 amide bonds. The molecule has 0 unspecified atom stereocenters. The van der Waals surface area contributed by atoms with Crippen LogP contribution in [0.3, 0.4) is 0 Å². The lowest BCUT2D eigenvalue weighted by Crippen LogP contribution is -3.12. The molecule has 8 heteroatoms. The summed E-state index contributed by atoms with van der Waals surface area (Å²) in [5.74, 6) is -0.191. The van der Waals surface area contributed by atoms with E-state index >= 15 is 0 Å². The van der Waals surface area contributed by atoms with Crippen molar-refractivity contribution in [3.05, 3.63) is 59.2 Å². The Morgan fingerprint density at radius 3 is 2.32 bits per heavy atom. The first-order valence-corrected chi connectivity index (χ1v) is 10.8. The second-order valence-corrected chi connectivity index (χ2v) is 8.99. The van der Waals surface area contributed by atoms with Gasteiger partial charge in [0.05, 0.1) is 38.1 Å². The second-order valence-electron chi connectivity index (χ2n) is 7.34. The summed E-state index contributed by atoms with van der Waals surface area (Å²) in [6.07, 6.45) is 0. The van der Waals surface area contributed by atoms with Crippen molar-refractivity contribution in [2.75, 3.05) is 37.9 Å². The number of anilines is 1. The summed E-state index contributed by atoms with van der Waals surface area (Å²) >= 11 is 0. The maximum atomic E-state index is 12.7. The number of piperazine rings is 1. The topological polar surface area (TPSA) is 82.9 Å². The highest BCUT2D eigenvalue weighted by Gasteiger charge is 2.20. The Hall–Kier alpha value is -2.42. The summed E-state index contributed by atoms with van der Waals surface area (Å²) in [6, 6.07) is 11.8. The van der Waals surface area contributed by atoms with Gasteiger partial charge in [-0.1, -0.05) is 12.1 Å². The first-order chi connectivity index (χ1) is 13.2. The summed E-state index contributed by atoms with van der Waals surface area (Å²) in [7, 11) is -1.55. The second kappa shape index (κ2) is 8.30. The summed E-state index contributed by atoms with van der Waals surface area (Å²) in [4.78, 5) is 14.1. The number of hydrogen-bond acceptors (Lipinski definition) is 4. The number of aryl methyl sites for hydroxylation is 2. The molecule has 3 N–H and O–H groups in total. The van der Waals surface area contributed by atoms with Crippen LogP contribution in [0.2, 0.25) is 0 Å². The van der Waals surface area contributed by atoms with E-state index in [9.17, 15) is 13.2 Å². The van der Waals surface area contributed by atoms with E-state index in [1.807, 2.05) is 18.0 Å². The molecule has 150 valence electrons. The quantitative estimate of drug-likeness (QED) is 0.682. The smallest absolute Gasteiger partial charge is 0.265 e. The van der Waals surface area contributed by atoms with Crippen LogP contribution in [0.5, 0.6) is 0 Å². The molecule has 0 spiro atoms. The lowest BCUT2D eigenvalue weighted by Gasteiger charge is -2.30. The van der Waals surface area contributed by atoms with Gasteiger partial charge in [0.1, 0.15) is 0 Å². The number of nitrogens with zero attached hydrogens (tertiary/aromatic N) is 1. The SMILES string of the molecule is Cc1ccc(C)c(S(=O)(=O)Nc2ccc(C(=O)NN3CC[NH+](C)CC3)cc2)c1. The van der Waals surface area contributed by atoms with E-state index in [1.165, 1.54) is 4.90 Å². The van der Waals surface area contributed by atoms with Crippen molar-refractivity contribution in [1.29, 1.82) is 0 Å². The lowest BCUT2D eigenvalue weighted by atomic mass is 10.2. The standard InChI is InChI=1S/C20H26N4O3S/c1-15-4-5-16(2)19(14-15)28(26,27)22-18-8-6-17(7-9-18)20(25)21-24-12-10-23(3)11-13-24/h4-9,14,22H,10-13H2,1-3H3,(H,21,25)/p+1. The lowest BCUT2D eigenvalue weighted by molar-refractivity contribution is -0.884. The average Bonchev–Trinajstić information content (AvgIpc) is 2.65. The van der Waals surface area contributed by atoms with E-state index in [2.05, 4.69) is 17.2 Å². The van der Waals surface area contributed by atoms with Crippen LogP contribution in [0.25, 0.3) is 0 Å². The molecule has 28 heavy (non-hydrogen) atoms. The fourth-order valence-electron chi connectivity index (χ4n) is 3.10. The predicted octanol–water partition coefficient (Wildman–Crippen LogP) is 0.579. The van der Waals surface area contributed by atoms with Crippen molar-refractivity contribution in [1.82, 2.24) is 10.4 Å². The normalized spacial score (nSPS) is 16.0. The van der Waals surface area contributed by atoms with Gasteiger partial charge in [0.15, 0.2) is 0 Å². The molecule has 1 fully saturated rings. The number of carbonyl (C=O) groups excluding carboxylic acids is 1. The predicted molar refractivity (Wildman–Crippen MR) is 109 cm³/mol. The molecular formula is C20H27N4O3S+. The van der Waals surface area contributed by atoms with Gasteiger partial charge in [-0.05, 0) is 55.3 Å². The Kier molecular flexibility index (Phi) is 6.02. The summed E-state index contributed by atoms with van der Waals surface area (Å²) in [6.45, 7) is 7.21. The number of hydrogen-bond donors (Lipinski definition) is 3. The highest BCUT2D eigenvalue weighted by atomic mass is 32.2. The number of nitrogens with one attached hydrogen (secondary N) is 3. The molecule has 0 radical (unpaired) electrons. The molecule has 7 nitrogen and oxygen atoms in total. The number of benzene rings is 2. The molecule has 0 aromatic heterocycles. The molecule has 0 bridgehead atoms. The number of rotatable bonds is 5. The van der Waals surface area contributed by atoms with Gasteiger partial charge >= 0.3 is 0 Å². The molecule has 2 aromatic carbocycles. The highest BCUT2D eigenvalue weighted by molar-refractivity contribution is 7.92. The Labute approximate surface area is 166 Å². The monoisotopic (exact) mass is 403 g/mol. The van der Waals surface area contributed by atoms with E-state index in [1.54, 1.807) is 43.3 Å². The van der Waals surface area contributed by atoms with Crippen molar-refractivity contribution < 1.29 is 18.1 Å². The van der Waals surface area contributed by atoms with Gasteiger partial charge in [-0.25, -0.2) is 13.4 Å². The number of carbonyl (C=O) groups is 1. The van der Waals surface area contributed by atoms with Crippen molar-refractivity contribution in [3.8, 4) is 0 Å². The third-order valence-corrected chi connectivity index (χ3v) is 6.43. The third kappa shape index (κ3) is 4.89. The van der Waals surface area contributed by atoms with E-state index in [4.69, 9.17) is 0 Å². The fourth-order valence-corrected chi connectivity index (χ4v) is 4.49. The Balaban J connectivity index is 1.67. The Morgan fingerprint density at radius 2 is 1.68 bits per heavy atom. The van der Waals surface area contributed by atoms with E-state index < -0.39 is 10.0 Å². The molecule has 1 saturated heterocycles. The number of likely N-dealkylation sites (N-methyl/N-ethyl adjacent to an activating group) is 1. The summed E-state index contributed by atoms with van der Waals surface area (Å²) in [5.41, 5.74) is 5.37. The molecule has 0 aliphatic carbocycles. The Bertz CT molecular complexity index is 950.